The van der Waals surface area contributed by atoms with E-state index < -0.39 is 11.5 Å². The van der Waals surface area contributed by atoms with Gasteiger partial charge in [-0.15, -0.1) is 0 Å². The summed E-state index contributed by atoms with van der Waals surface area (Å²) in [5.41, 5.74) is 0.409. The van der Waals surface area contributed by atoms with Crippen LogP contribution < -0.4 is 10.1 Å². The van der Waals surface area contributed by atoms with Crippen molar-refractivity contribution in [2.75, 3.05) is 19.8 Å². The number of carboxylic acids is 1. The molecule has 2 rings (SSSR count). The van der Waals surface area contributed by atoms with E-state index in [2.05, 4.69) is 26.1 Å². The predicted octanol–water partition coefficient (Wildman–Crippen LogP) is 2.11. The number of carbonyl (C=O) groups excluding carboxylic acids is 1. The summed E-state index contributed by atoms with van der Waals surface area (Å²) in [6.07, 6.45) is 0.338. The molecule has 1 aliphatic heterocycles. The van der Waals surface area contributed by atoms with Gasteiger partial charge in [-0.05, 0) is 29.5 Å². The highest BCUT2D eigenvalue weighted by atomic mass is 16.5. The van der Waals surface area contributed by atoms with Crippen molar-refractivity contribution in [3.8, 4) is 5.75 Å². The van der Waals surface area contributed by atoms with Gasteiger partial charge >= 0.3 is 5.97 Å². The normalized spacial score (nSPS) is 20.6. The lowest BCUT2D eigenvalue weighted by Crippen LogP contribution is -2.51. The van der Waals surface area contributed by atoms with Gasteiger partial charge in [-0.25, -0.2) is 0 Å². The van der Waals surface area contributed by atoms with Crippen LogP contribution in [-0.4, -0.2) is 42.3 Å². The monoisotopic (exact) mass is 335 g/mol. The summed E-state index contributed by atoms with van der Waals surface area (Å²) in [4.78, 5) is 23.1. The zero-order chi connectivity index (χ0) is 17.8. The first-order valence-electron chi connectivity index (χ1n) is 8.04. The molecule has 1 unspecified atom stereocenters. The Bertz CT molecular complexity index is 582. The van der Waals surface area contributed by atoms with Crippen LogP contribution in [0.4, 0.5) is 0 Å². The van der Waals surface area contributed by atoms with Crippen molar-refractivity contribution in [1.29, 1.82) is 0 Å². The van der Waals surface area contributed by atoms with E-state index in [0.29, 0.717) is 18.8 Å². The number of nitrogens with one attached hydrogen (secondary N) is 1. The van der Waals surface area contributed by atoms with Crippen LogP contribution in [0.1, 0.15) is 39.2 Å². The topological polar surface area (TPSA) is 84.9 Å². The van der Waals surface area contributed by atoms with Crippen molar-refractivity contribution in [2.45, 2.75) is 44.6 Å². The second kappa shape index (κ2) is 7.21. The Morgan fingerprint density at radius 2 is 1.96 bits per heavy atom. The van der Waals surface area contributed by atoms with E-state index in [1.165, 1.54) is 5.56 Å². The fraction of sp³-hybridized carbons (Fsp3) is 0.556. The van der Waals surface area contributed by atoms with E-state index in [-0.39, 0.29) is 31.0 Å². The van der Waals surface area contributed by atoms with Crippen LogP contribution >= 0.6 is 0 Å². The third kappa shape index (κ3) is 4.96. The molecule has 0 saturated carbocycles. The maximum Gasteiger partial charge on any atom is 0.305 e. The van der Waals surface area contributed by atoms with E-state index in [0.717, 1.165) is 0 Å². The average Bonchev–Trinajstić information content (AvgIpc) is 2.91. The molecular formula is C18H25NO5. The van der Waals surface area contributed by atoms with Gasteiger partial charge in [0.25, 0.3) is 5.91 Å². The molecule has 1 amide bonds. The first-order chi connectivity index (χ1) is 11.2. The molecular weight excluding hydrogens is 310 g/mol. The minimum Gasteiger partial charge on any atom is -0.484 e. The van der Waals surface area contributed by atoms with Gasteiger partial charge in [0.2, 0.25) is 0 Å². The summed E-state index contributed by atoms with van der Waals surface area (Å²) in [7, 11) is 0. The molecule has 2 N–H and O–H groups in total. The van der Waals surface area contributed by atoms with Crippen LogP contribution in [0.2, 0.25) is 0 Å². The number of carboxylic acid groups (broad SMARTS) is 1. The number of hydrogen-bond donors (Lipinski definition) is 2. The van der Waals surface area contributed by atoms with Gasteiger partial charge in [0, 0.05) is 6.61 Å². The zero-order valence-electron chi connectivity index (χ0n) is 14.4. The van der Waals surface area contributed by atoms with E-state index in [9.17, 15) is 9.59 Å². The molecule has 1 aromatic carbocycles. The molecule has 1 saturated heterocycles. The molecule has 6 heteroatoms. The van der Waals surface area contributed by atoms with Crippen LogP contribution in [0.5, 0.6) is 5.75 Å². The maximum absolute atomic E-state index is 12.1. The third-order valence-corrected chi connectivity index (χ3v) is 4.09. The van der Waals surface area contributed by atoms with E-state index >= 15 is 0 Å². The molecule has 1 heterocycles. The summed E-state index contributed by atoms with van der Waals surface area (Å²) in [6, 6.07) is 7.62. The molecule has 0 bridgehead atoms. The molecule has 24 heavy (non-hydrogen) atoms. The molecule has 1 atom stereocenters. The highest BCUT2D eigenvalue weighted by Crippen LogP contribution is 2.25. The molecule has 132 valence electrons. The summed E-state index contributed by atoms with van der Waals surface area (Å²) in [6.45, 7) is 6.88. The second-order valence-electron chi connectivity index (χ2n) is 7.26. The van der Waals surface area contributed by atoms with Gasteiger partial charge < -0.3 is 19.9 Å². The second-order valence-corrected chi connectivity index (χ2v) is 7.26. The molecule has 1 aliphatic rings. The number of rotatable bonds is 6. The van der Waals surface area contributed by atoms with Gasteiger partial charge in [-0.1, -0.05) is 32.9 Å². The van der Waals surface area contributed by atoms with Crippen LogP contribution in [0.15, 0.2) is 24.3 Å². The Kier molecular flexibility index (Phi) is 5.49. The fourth-order valence-electron chi connectivity index (χ4n) is 2.71. The van der Waals surface area contributed by atoms with Crippen molar-refractivity contribution in [3.63, 3.8) is 0 Å². The Labute approximate surface area is 142 Å². The quantitative estimate of drug-likeness (QED) is 0.832. The maximum atomic E-state index is 12.1. The lowest BCUT2D eigenvalue weighted by Gasteiger charge is -2.27. The zero-order valence-corrected chi connectivity index (χ0v) is 14.4. The van der Waals surface area contributed by atoms with Crippen LogP contribution in [0.3, 0.4) is 0 Å². The average molecular weight is 335 g/mol. The number of amides is 1. The van der Waals surface area contributed by atoms with Gasteiger partial charge in [-0.2, -0.15) is 0 Å². The fourth-order valence-corrected chi connectivity index (χ4v) is 2.71. The van der Waals surface area contributed by atoms with Gasteiger partial charge in [0.05, 0.1) is 18.6 Å². The minimum atomic E-state index is -0.959. The van der Waals surface area contributed by atoms with Gasteiger partial charge in [-0.3, -0.25) is 9.59 Å². The number of benzene rings is 1. The highest BCUT2D eigenvalue weighted by molar-refractivity contribution is 5.79. The summed E-state index contributed by atoms with van der Waals surface area (Å²) < 4.78 is 10.7. The molecule has 1 fully saturated rings. The van der Waals surface area contributed by atoms with Gasteiger partial charge in [0.15, 0.2) is 6.61 Å². The summed E-state index contributed by atoms with van der Waals surface area (Å²) >= 11 is 0. The first-order valence-corrected chi connectivity index (χ1v) is 8.04. The smallest absolute Gasteiger partial charge is 0.305 e. The Balaban J connectivity index is 1.89. The van der Waals surface area contributed by atoms with Crippen molar-refractivity contribution in [2.24, 2.45) is 0 Å². The molecule has 0 aliphatic carbocycles. The van der Waals surface area contributed by atoms with Crippen molar-refractivity contribution < 1.29 is 24.2 Å². The predicted molar refractivity (Wildman–Crippen MR) is 89.2 cm³/mol. The number of carbonyl (C=O) groups is 2. The standard InChI is InChI=1S/C18H25NO5/c1-17(2,3)13-4-6-14(7-5-13)24-11-15(20)19-18(10-16(21)22)8-9-23-12-18/h4-7H,8-12H2,1-3H3,(H,19,20)(H,21,22). The molecule has 1 aromatic rings. The number of ether oxygens (including phenoxy) is 2. The summed E-state index contributed by atoms with van der Waals surface area (Å²) in [5.74, 6) is -0.700. The first kappa shape index (κ1) is 18.3. The molecule has 0 aromatic heterocycles. The molecule has 0 radical (unpaired) electrons. The summed E-state index contributed by atoms with van der Waals surface area (Å²) in [5, 5.41) is 11.8. The van der Waals surface area contributed by atoms with E-state index in [1.54, 1.807) is 0 Å². The molecule has 6 nitrogen and oxygen atoms in total. The van der Waals surface area contributed by atoms with E-state index in [4.69, 9.17) is 14.6 Å². The lowest BCUT2D eigenvalue weighted by molar-refractivity contribution is -0.139. The van der Waals surface area contributed by atoms with Crippen LogP contribution in [0, 0.1) is 0 Å². The highest BCUT2D eigenvalue weighted by Gasteiger charge is 2.38. The van der Waals surface area contributed by atoms with Crippen molar-refractivity contribution >= 4 is 11.9 Å². The van der Waals surface area contributed by atoms with Crippen molar-refractivity contribution in [3.05, 3.63) is 29.8 Å². The largest absolute Gasteiger partial charge is 0.484 e. The molecule has 0 spiro atoms. The Morgan fingerprint density at radius 3 is 2.46 bits per heavy atom. The van der Waals surface area contributed by atoms with E-state index in [1.807, 2.05) is 24.3 Å². The third-order valence-electron chi connectivity index (χ3n) is 4.09. The minimum absolute atomic E-state index is 0.0571. The Morgan fingerprint density at radius 1 is 1.29 bits per heavy atom. The van der Waals surface area contributed by atoms with Crippen LogP contribution in [-0.2, 0) is 19.7 Å². The Hall–Kier alpha value is -2.08. The lowest BCUT2D eigenvalue weighted by atomic mass is 9.87. The van der Waals surface area contributed by atoms with Crippen molar-refractivity contribution in [1.82, 2.24) is 5.32 Å². The number of aliphatic carboxylic acids is 1. The van der Waals surface area contributed by atoms with Gasteiger partial charge in [0.1, 0.15) is 5.75 Å². The number of hydrogen-bond acceptors (Lipinski definition) is 4. The van der Waals surface area contributed by atoms with Crippen LogP contribution in [0.25, 0.3) is 0 Å². The SMILES string of the molecule is CC(C)(C)c1ccc(OCC(=O)NC2(CC(=O)O)CCOC2)cc1.